The third-order valence-electron chi connectivity index (χ3n) is 5.56. The van der Waals surface area contributed by atoms with Gasteiger partial charge in [0.25, 0.3) is 0 Å². The molecule has 0 unspecified atom stereocenters. The number of rotatable bonds is 6. The molecule has 8 heteroatoms. The van der Waals surface area contributed by atoms with Gasteiger partial charge in [-0.3, -0.25) is 4.99 Å². The molecule has 1 saturated heterocycles. The van der Waals surface area contributed by atoms with Gasteiger partial charge in [-0.05, 0) is 31.2 Å². The van der Waals surface area contributed by atoms with Crippen LogP contribution in [0.25, 0.3) is 11.1 Å². The van der Waals surface area contributed by atoms with Crippen LogP contribution in [0.2, 0.25) is 0 Å². The summed E-state index contributed by atoms with van der Waals surface area (Å²) in [7, 11) is 1.79. The van der Waals surface area contributed by atoms with Gasteiger partial charge in [-0.2, -0.15) is 5.26 Å². The van der Waals surface area contributed by atoms with Gasteiger partial charge in [0.15, 0.2) is 0 Å². The Labute approximate surface area is 182 Å². The smallest absolute Gasteiger partial charge is 0.222 e. The molecule has 1 aromatic heterocycles. The lowest BCUT2D eigenvalue weighted by molar-refractivity contribution is 0.320. The Morgan fingerprint density at radius 2 is 1.87 bits per heavy atom. The van der Waals surface area contributed by atoms with Crippen molar-refractivity contribution >= 4 is 23.1 Å². The standard InChI is InChI=1S/C23H26N8/c1-16(25)9-19-11-20(15-27-19)30-5-7-31(8-6-30)22-4-3-17(12-24)10-21(22)18-13-28-23(26-2)29-14-18/h3-4,10-11,13-14,25H,5-9,15H2,1-2H3,(H,26,28,29). The second kappa shape index (κ2) is 8.96. The fraction of sp³-hybridized carbons (Fsp3) is 0.348. The lowest BCUT2D eigenvalue weighted by atomic mass is 10.0. The number of hydrogen-bond acceptors (Lipinski definition) is 8. The van der Waals surface area contributed by atoms with Crippen molar-refractivity contribution in [3.63, 3.8) is 0 Å². The average Bonchev–Trinajstić information content (AvgIpc) is 3.26. The number of piperazine rings is 1. The van der Waals surface area contributed by atoms with Crippen molar-refractivity contribution in [2.75, 3.05) is 50.0 Å². The SMILES string of the molecule is CNc1ncc(-c2cc(C#N)ccc2N2CCN(C3=CC(CC(C)=N)=NC3)CC2)cn1. The second-order valence-electron chi connectivity index (χ2n) is 7.76. The van der Waals surface area contributed by atoms with Gasteiger partial charge in [0.2, 0.25) is 5.95 Å². The molecule has 0 bridgehead atoms. The van der Waals surface area contributed by atoms with Gasteiger partial charge in [0, 0.05) is 86.0 Å². The van der Waals surface area contributed by atoms with Gasteiger partial charge in [0.1, 0.15) is 0 Å². The zero-order chi connectivity index (χ0) is 21.8. The van der Waals surface area contributed by atoms with Crippen LogP contribution in [0.3, 0.4) is 0 Å². The Hall–Kier alpha value is -3.73. The third-order valence-corrected chi connectivity index (χ3v) is 5.56. The van der Waals surface area contributed by atoms with E-state index < -0.39 is 0 Å². The predicted octanol–water partition coefficient (Wildman–Crippen LogP) is 2.95. The first kappa shape index (κ1) is 20.5. The van der Waals surface area contributed by atoms with Crippen molar-refractivity contribution in [3.8, 4) is 17.2 Å². The molecule has 1 fully saturated rings. The first-order chi connectivity index (χ1) is 15.1. The van der Waals surface area contributed by atoms with E-state index in [0.29, 0.717) is 30.2 Å². The van der Waals surface area contributed by atoms with Crippen LogP contribution in [-0.4, -0.2) is 66.1 Å². The minimum atomic E-state index is 0.569. The molecule has 2 aliphatic rings. The van der Waals surface area contributed by atoms with Crippen LogP contribution < -0.4 is 10.2 Å². The minimum Gasteiger partial charge on any atom is -0.370 e. The number of anilines is 2. The first-order valence-corrected chi connectivity index (χ1v) is 10.4. The third kappa shape index (κ3) is 4.56. The van der Waals surface area contributed by atoms with Crippen molar-refractivity contribution in [1.29, 1.82) is 10.7 Å². The minimum absolute atomic E-state index is 0.569. The number of allylic oxidation sites excluding steroid dienone is 1. The monoisotopic (exact) mass is 414 g/mol. The number of hydrogen-bond donors (Lipinski definition) is 2. The topological polar surface area (TPSA) is 104 Å². The van der Waals surface area contributed by atoms with Gasteiger partial charge in [-0.1, -0.05) is 0 Å². The second-order valence-corrected chi connectivity index (χ2v) is 7.76. The zero-order valence-corrected chi connectivity index (χ0v) is 17.9. The molecular formula is C23H26N8. The molecule has 2 N–H and O–H groups in total. The molecule has 8 nitrogen and oxygen atoms in total. The van der Waals surface area contributed by atoms with Crippen LogP contribution in [0.5, 0.6) is 0 Å². The maximum Gasteiger partial charge on any atom is 0.222 e. The van der Waals surface area contributed by atoms with E-state index in [1.807, 2.05) is 25.1 Å². The highest BCUT2D eigenvalue weighted by Crippen LogP contribution is 2.32. The summed E-state index contributed by atoms with van der Waals surface area (Å²) in [4.78, 5) is 18.0. The lowest BCUT2D eigenvalue weighted by Crippen LogP contribution is -2.46. The number of benzene rings is 1. The average molecular weight is 415 g/mol. The molecule has 0 spiro atoms. The number of nitriles is 1. The molecule has 2 aromatic rings. The fourth-order valence-electron chi connectivity index (χ4n) is 3.98. The van der Waals surface area contributed by atoms with Crippen LogP contribution in [0.4, 0.5) is 11.6 Å². The van der Waals surface area contributed by atoms with Gasteiger partial charge in [0.05, 0.1) is 18.2 Å². The van der Waals surface area contributed by atoms with Crippen molar-refractivity contribution in [2.45, 2.75) is 13.3 Å². The number of aliphatic imine (C=N–C) groups is 1. The van der Waals surface area contributed by atoms with Crippen molar-refractivity contribution in [2.24, 2.45) is 4.99 Å². The van der Waals surface area contributed by atoms with E-state index in [-0.39, 0.29) is 0 Å². The molecule has 0 amide bonds. The molecule has 0 radical (unpaired) electrons. The zero-order valence-electron chi connectivity index (χ0n) is 17.9. The van der Waals surface area contributed by atoms with E-state index in [9.17, 15) is 5.26 Å². The van der Waals surface area contributed by atoms with E-state index in [1.165, 1.54) is 5.70 Å². The summed E-state index contributed by atoms with van der Waals surface area (Å²) in [5.41, 5.74) is 6.47. The van der Waals surface area contributed by atoms with E-state index in [2.05, 4.69) is 42.2 Å². The first-order valence-electron chi connectivity index (χ1n) is 10.4. The quantitative estimate of drug-likeness (QED) is 0.704. The van der Waals surface area contributed by atoms with Gasteiger partial charge < -0.3 is 20.5 Å². The van der Waals surface area contributed by atoms with E-state index in [4.69, 9.17) is 5.41 Å². The number of aromatic nitrogens is 2. The number of nitrogens with one attached hydrogen (secondary N) is 2. The highest BCUT2D eigenvalue weighted by molar-refractivity contribution is 6.09. The predicted molar refractivity (Wildman–Crippen MR) is 124 cm³/mol. The Kier molecular flexibility index (Phi) is 5.94. The Bertz CT molecular complexity index is 1070. The summed E-state index contributed by atoms with van der Waals surface area (Å²) in [6, 6.07) is 8.05. The molecular weight excluding hydrogens is 388 g/mol. The van der Waals surface area contributed by atoms with Crippen molar-refractivity contribution in [3.05, 3.63) is 47.9 Å². The summed E-state index contributed by atoms with van der Waals surface area (Å²) < 4.78 is 0. The van der Waals surface area contributed by atoms with Gasteiger partial charge >= 0.3 is 0 Å². The normalized spacial score (nSPS) is 15.9. The van der Waals surface area contributed by atoms with Crippen LogP contribution in [0, 0.1) is 16.7 Å². The van der Waals surface area contributed by atoms with Gasteiger partial charge in [-0.15, -0.1) is 0 Å². The summed E-state index contributed by atoms with van der Waals surface area (Å²) in [6.45, 7) is 6.11. The molecule has 3 heterocycles. The van der Waals surface area contributed by atoms with Crippen LogP contribution >= 0.6 is 0 Å². The molecule has 2 aliphatic heterocycles. The summed E-state index contributed by atoms with van der Waals surface area (Å²) in [5, 5.41) is 20.0. The summed E-state index contributed by atoms with van der Waals surface area (Å²) in [6.07, 6.45) is 6.36. The highest BCUT2D eigenvalue weighted by Gasteiger charge is 2.23. The van der Waals surface area contributed by atoms with E-state index in [0.717, 1.165) is 48.7 Å². The van der Waals surface area contributed by atoms with E-state index >= 15 is 0 Å². The molecule has 4 rings (SSSR count). The fourth-order valence-corrected chi connectivity index (χ4v) is 3.98. The Morgan fingerprint density at radius 3 is 2.52 bits per heavy atom. The summed E-state index contributed by atoms with van der Waals surface area (Å²) in [5.74, 6) is 0.569. The molecule has 31 heavy (non-hydrogen) atoms. The van der Waals surface area contributed by atoms with Crippen LogP contribution in [0.1, 0.15) is 18.9 Å². The van der Waals surface area contributed by atoms with Crippen LogP contribution in [-0.2, 0) is 0 Å². The van der Waals surface area contributed by atoms with Crippen LogP contribution in [0.15, 0.2) is 47.4 Å². The molecule has 0 aliphatic carbocycles. The number of nitrogens with zero attached hydrogens (tertiary/aromatic N) is 6. The van der Waals surface area contributed by atoms with Crippen molar-refractivity contribution in [1.82, 2.24) is 14.9 Å². The van der Waals surface area contributed by atoms with Crippen molar-refractivity contribution < 1.29 is 0 Å². The molecule has 0 atom stereocenters. The van der Waals surface area contributed by atoms with E-state index in [1.54, 1.807) is 19.4 Å². The highest BCUT2D eigenvalue weighted by atomic mass is 15.3. The largest absolute Gasteiger partial charge is 0.370 e. The molecule has 158 valence electrons. The maximum absolute atomic E-state index is 9.38. The molecule has 1 aromatic carbocycles. The Morgan fingerprint density at radius 1 is 1.16 bits per heavy atom. The maximum atomic E-state index is 9.38. The summed E-state index contributed by atoms with van der Waals surface area (Å²) >= 11 is 0. The lowest BCUT2D eigenvalue weighted by Gasteiger charge is -2.38. The molecule has 0 saturated carbocycles. The Balaban J connectivity index is 1.51. The van der Waals surface area contributed by atoms with Gasteiger partial charge in [-0.25, -0.2) is 9.97 Å².